The lowest BCUT2D eigenvalue weighted by molar-refractivity contribution is 0.219. The second-order valence-electron chi connectivity index (χ2n) is 1.91. The summed E-state index contributed by atoms with van der Waals surface area (Å²) < 4.78 is 0. The summed E-state index contributed by atoms with van der Waals surface area (Å²) in [6.07, 6.45) is 0. The number of carbonyl (C=O) groups is 3. The second kappa shape index (κ2) is 17.9. The van der Waals surface area contributed by atoms with Gasteiger partial charge in [-0.15, -0.1) is 0 Å². The van der Waals surface area contributed by atoms with E-state index in [1.54, 1.807) is 0 Å². The van der Waals surface area contributed by atoms with Gasteiger partial charge < -0.3 is 15.3 Å². The molecule has 18 heavy (non-hydrogen) atoms. The molecule has 0 saturated heterocycles. The van der Waals surface area contributed by atoms with Crippen LogP contribution in [0.25, 0.3) is 0 Å². The van der Waals surface area contributed by atoms with Crippen LogP contribution in [0.4, 0.5) is 14.4 Å². The molecule has 0 aliphatic heterocycles. The van der Waals surface area contributed by atoms with Crippen LogP contribution in [-0.2, 0) is 0 Å². The van der Waals surface area contributed by atoms with Crippen LogP contribution in [-0.4, -0.2) is 31.6 Å². The van der Waals surface area contributed by atoms with Gasteiger partial charge in [-0.25, -0.2) is 14.4 Å². The van der Waals surface area contributed by atoms with E-state index < -0.39 is 16.3 Å². The minimum atomic E-state index is -1.36. The Morgan fingerprint density at radius 2 is 0.611 bits per heavy atom. The van der Waals surface area contributed by atoms with Crippen LogP contribution >= 0.6 is 34.8 Å². The van der Waals surface area contributed by atoms with Gasteiger partial charge in [0.25, 0.3) is 0 Å². The monoisotopic (exact) mass is 318 g/mol. The maximum atomic E-state index is 8.77. The van der Waals surface area contributed by atoms with E-state index in [0.717, 1.165) is 0 Å². The number of hydrogen-bond acceptors (Lipinski definition) is 3. The molecule has 1 aromatic carbocycles. The minimum absolute atomic E-state index is 1.36. The summed E-state index contributed by atoms with van der Waals surface area (Å²) in [6, 6.07) is 12.0. The first kappa shape index (κ1) is 21.8. The molecular weight excluding hydrogens is 310 g/mol. The molecule has 0 amide bonds. The highest BCUT2D eigenvalue weighted by Gasteiger charge is 1.71. The van der Waals surface area contributed by atoms with Crippen LogP contribution in [0.15, 0.2) is 36.4 Å². The van der Waals surface area contributed by atoms with Gasteiger partial charge >= 0.3 is 16.3 Å². The largest absolute Gasteiger partial charge is 0.469 e. The first-order valence-electron chi connectivity index (χ1n) is 3.85. The Labute approximate surface area is 117 Å². The predicted molar refractivity (Wildman–Crippen MR) is 68.1 cm³/mol. The van der Waals surface area contributed by atoms with E-state index in [1.165, 1.54) is 0 Å². The fourth-order valence-electron chi connectivity index (χ4n) is 0.385. The molecule has 9 heteroatoms. The molecule has 1 rings (SSSR count). The zero-order chi connectivity index (χ0) is 15.0. The van der Waals surface area contributed by atoms with Crippen LogP contribution in [0.3, 0.4) is 0 Å². The number of halogens is 3. The molecule has 1 aromatic rings. The Morgan fingerprint density at radius 1 is 0.556 bits per heavy atom. The van der Waals surface area contributed by atoms with E-state index in [2.05, 4.69) is 34.8 Å². The lowest BCUT2D eigenvalue weighted by Crippen LogP contribution is -1.66. The standard InChI is InChI=1S/C6H6.3CHClO2/c1-2-4-6-5-3-1;3*2-1(3)4/h1-6H;3*(H,3,4). The van der Waals surface area contributed by atoms with Gasteiger partial charge in [-0.05, 0) is 0 Å². The molecule has 0 heterocycles. The second-order valence-corrected chi connectivity index (χ2v) is 2.88. The molecule has 0 aliphatic carbocycles. The number of benzene rings is 1. The van der Waals surface area contributed by atoms with Gasteiger partial charge in [0, 0.05) is 34.8 Å². The molecule has 102 valence electrons. The van der Waals surface area contributed by atoms with Crippen LogP contribution in [0, 0.1) is 0 Å². The average molecular weight is 320 g/mol. The van der Waals surface area contributed by atoms with Crippen LogP contribution < -0.4 is 0 Å². The number of carboxylic acid groups (broad SMARTS) is 3. The van der Waals surface area contributed by atoms with Crippen LogP contribution in [0.1, 0.15) is 0 Å². The van der Waals surface area contributed by atoms with Crippen molar-refractivity contribution in [1.29, 1.82) is 0 Å². The van der Waals surface area contributed by atoms with E-state index in [9.17, 15) is 0 Å². The van der Waals surface area contributed by atoms with Crippen molar-refractivity contribution >= 4 is 51.1 Å². The van der Waals surface area contributed by atoms with Gasteiger partial charge in [-0.1, -0.05) is 36.4 Å². The minimum Gasteiger partial charge on any atom is -0.469 e. The highest BCUT2D eigenvalue weighted by atomic mass is 35.5. The maximum absolute atomic E-state index is 8.77. The van der Waals surface area contributed by atoms with Crippen molar-refractivity contribution in [2.75, 3.05) is 0 Å². The highest BCUT2D eigenvalue weighted by molar-refractivity contribution is 6.60. The van der Waals surface area contributed by atoms with Crippen molar-refractivity contribution < 1.29 is 29.7 Å². The molecule has 0 bridgehead atoms. The molecule has 0 unspecified atom stereocenters. The maximum Gasteiger partial charge on any atom is 0.401 e. The first-order valence-corrected chi connectivity index (χ1v) is 4.98. The molecule has 0 aliphatic rings. The van der Waals surface area contributed by atoms with Crippen molar-refractivity contribution in [1.82, 2.24) is 0 Å². The molecule has 0 fully saturated rings. The molecule has 0 spiro atoms. The third-order valence-electron chi connectivity index (χ3n) is 0.667. The van der Waals surface area contributed by atoms with Gasteiger partial charge in [-0.2, -0.15) is 0 Å². The van der Waals surface area contributed by atoms with Crippen molar-refractivity contribution in [2.45, 2.75) is 0 Å². The van der Waals surface area contributed by atoms with E-state index in [1.807, 2.05) is 36.4 Å². The fourth-order valence-corrected chi connectivity index (χ4v) is 0.385. The number of hydrogen-bond donors (Lipinski definition) is 3. The van der Waals surface area contributed by atoms with Gasteiger partial charge in [0.15, 0.2) is 0 Å². The van der Waals surface area contributed by atoms with Crippen molar-refractivity contribution in [2.24, 2.45) is 0 Å². The van der Waals surface area contributed by atoms with E-state index in [4.69, 9.17) is 29.7 Å². The van der Waals surface area contributed by atoms with E-state index in [0.29, 0.717) is 0 Å². The van der Waals surface area contributed by atoms with Crippen LogP contribution in [0.5, 0.6) is 0 Å². The fraction of sp³-hybridized carbons (Fsp3) is 0. The summed E-state index contributed by atoms with van der Waals surface area (Å²) in [7, 11) is 0. The van der Waals surface area contributed by atoms with Crippen molar-refractivity contribution in [3.63, 3.8) is 0 Å². The van der Waals surface area contributed by atoms with Crippen molar-refractivity contribution in [3.05, 3.63) is 36.4 Å². The molecule has 3 N–H and O–H groups in total. The summed E-state index contributed by atoms with van der Waals surface area (Å²) in [5.74, 6) is 0. The quantitative estimate of drug-likeness (QED) is 0.611. The van der Waals surface area contributed by atoms with Gasteiger partial charge in [0.1, 0.15) is 0 Å². The number of rotatable bonds is 0. The highest BCUT2D eigenvalue weighted by Crippen LogP contribution is 1.79. The van der Waals surface area contributed by atoms with E-state index in [-0.39, 0.29) is 0 Å². The summed E-state index contributed by atoms with van der Waals surface area (Å²) in [6.45, 7) is 0. The Hall–Kier alpha value is -1.50. The lowest BCUT2D eigenvalue weighted by atomic mass is 10.4. The Bertz CT molecular complexity index is 263. The van der Waals surface area contributed by atoms with E-state index >= 15 is 0 Å². The normalized spacial score (nSPS) is 6.83. The van der Waals surface area contributed by atoms with Crippen molar-refractivity contribution in [3.8, 4) is 0 Å². The molecular formula is C9H9Cl3O6. The van der Waals surface area contributed by atoms with Gasteiger partial charge in [0.2, 0.25) is 0 Å². The summed E-state index contributed by atoms with van der Waals surface area (Å²) in [5.41, 5.74) is -4.08. The smallest absolute Gasteiger partial charge is 0.401 e. The molecule has 0 aromatic heterocycles. The topological polar surface area (TPSA) is 112 Å². The molecule has 6 nitrogen and oxygen atoms in total. The van der Waals surface area contributed by atoms with Gasteiger partial charge in [0.05, 0.1) is 0 Å². The predicted octanol–water partition coefficient (Wildman–Crippen LogP) is 4.40. The summed E-state index contributed by atoms with van der Waals surface area (Å²) >= 11 is 12.6. The summed E-state index contributed by atoms with van der Waals surface area (Å²) in [4.78, 5) is 26.3. The average Bonchev–Trinajstić information content (AvgIpc) is 2.17. The Morgan fingerprint density at radius 3 is 0.667 bits per heavy atom. The third-order valence-corrected chi connectivity index (χ3v) is 0.667. The Kier molecular flexibility index (Phi) is 21.6. The van der Waals surface area contributed by atoms with Crippen LogP contribution in [0.2, 0.25) is 0 Å². The molecule has 0 saturated carbocycles. The molecule has 0 atom stereocenters. The zero-order valence-electron chi connectivity index (χ0n) is 8.66. The third kappa shape index (κ3) is 130. The first-order chi connectivity index (χ1) is 8.20. The zero-order valence-corrected chi connectivity index (χ0v) is 10.9. The lowest BCUT2D eigenvalue weighted by Gasteiger charge is -1.69. The van der Waals surface area contributed by atoms with Gasteiger partial charge in [-0.3, -0.25) is 0 Å². The summed E-state index contributed by atoms with van der Waals surface area (Å²) in [5, 5.41) is 21.5. The Balaban J connectivity index is -0.000000171. The molecule has 0 radical (unpaired) electrons. The SMILES string of the molecule is O=C(O)Cl.O=C(O)Cl.O=C(O)Cl.c1ccccc1.